The van der Waals surface area contributed by atoms with Crippen LogP contribution >= 0.6 is 15.9 Å². The molecule has 3 nitrogen and oxygen atoms in total. The van der Waals surface area contributed by atoms with Crippen molar-refractivity contribution in [1.29, 1.82) is 0 Å². The highest BCUT2D eigenvalue weighted by Crippen LogP contribution is 2.27. The smallest absolute Gasteiger partial charge is 0.119 e. The summed E-state index contributed by atoms with van der Waals surface area (Å²) in [6.07, 6.45) is 2.22. The van der Waals surface area contributed by atoms with Crippen molar-refractivity contribution in [2.45, 2.75) is 18.9 Å². The van der Waals surface area contributed by atoms with E-state index in [-0.39, 0.29) is 0 Å². The molecule has 0 heterocycles. The minimum atomic E-state index is -0.447. The van der Waals surface area contributed by atoms with Crippen LogP contribution in [0.25, 0.3) is 0 Å². The lowest BCUT2D eigenvalue weighted by Crippen LogP contribution is -2.32. The quantitative estimate of drug-likeness (QED) is 0.811. The fourth-order valence-electron chi connectivity index (χ4n) is 1.56. The van der Waals surface area contributed by atoms with E-state index < -0.39 is 6.10 Å². The van der Waals surface area contributed by atoms with Gasteiger partial charge in [0.05, 0.1) is 0 Å². The van der Waals surface area contributed by atoms with E-state index in [1.165, 1.54) is 12.8 Å². The highest BCUT2D eigenvalue weighted by atomic mass is 79.9. The maximum absolute atomic E-state index is 9.70. The molecule has 94 valence electrons. The van der Waals surface area contributed by atoms with Gasteiger partial charge in [-0.25, -0.2) is 0 Å². The third-order valence-electron chi connectivity index (χ3n) is 2.77. The highest BCUT2D eigenvalue weighted by Gasteiger charge is 2.20. The lowest BCUT2D eigenvalue weighted by Gasteiger charge is -2.13. The summed E-state index contributed by atoms with van der Waals surface area (Å²) in [6.45, 7) is 1.96. The predicted molar refractivity (Wildman–Crippen MR) is 71.2 cm³/mol. The lowest BCUT2D eigenvalue weighted by atomic mass is 10.3. The van der Waals surface area contributed by atoms with Crippen LogP contribution in [-0.2, 0) is 0 Å². The largest absolute Gasteiger partial charge is 0.491 e. The minimum Gasteiger partial charge on any atom is -0.491 e. The van der Waals surface area contributed by atoms with Gasteiger partial charge < -0.3 is 15.2 Å². The summed E-state index contributed by atoms with van der Waals surface area (Å²) in [5, 5.41) is 13.0. The molecule has 1 aliphatic rings. The summed E-state index contributed by atoms with van der Waals surface area (Å²) >= 11 is 3.36. The number of benzene rings is 1. The van der Waals surface area contributed by atoms with Crippen molar-refractivity contribution in [3.63, 3.8) is 0 Å². The predicted octanol–water partition coefficient (Wildman–Crippen LogP) is 2.19. The molecule has 0 amide bonds. The fourth-order valence-corrected chi connectivity index (χ4v) is 1.82. The van der Waals surface area contributed by atoms with Crippen LogP contribution in [-0.4, -0.2) is 30.9 Å². The molecule has 1 saturated carbocycles. The Balaban J connectivity index is 1.60. The topological polar surface area (TPSA) is 41.5 Å². The van der Waals surface area contributed by atoms with Crippen molar-refractivity contribution >= 4 is 15.9 Å². The standard InChI is InChI=1S/C13H18BrNO2/c14-11-3-5-13(6-4-11)17-9-12(16)8-15-7-10-1-2-10/h3-6,10,12,15-16H,1-2,7-9H2. The number of hydrogen-bond acceptors (Lipinski definition) is 3. The van der Waals surface area contributed by atoms with E-state index in [1.807, 2.05) is 24.3 Å². The molecule has 2 N–H and O–H groups in total. The molecular formula is C13H18BrNO2. The molecule has 0 aromatic heterocycles. The monoisotopic (exact) mass is 299 g/mol. The highest BCUT2D eigenvalue weighted by molar-refractivity contribution is 9.10. The molecule has 0 saturated heterocycles. The van der Waals surface area contributed by atoms with Gasteiger partial charge in [-0.3, -0.25) is 0 Å². The van der Waals surface area contributed by atoms with Crippen molar-refractivity contribution in [2.75, 3.05) is 19.7 Å². The number of ether oxygens (including phenoxy) is 1. The number of rotatable bonds is 7. The molecule has 0 aliphatic heterocycles. The minimum absolute atomic E-state index is 0.333. The van der Waals surface area contributed by atoms with Gasteiger partial charge in [-0.2, -0.15) is 0 Å². The molecule has 1 unspecified atom stereocenters. The van der Waals surface area contributed by atoms with Crippen LogP contribution in [0.1, 0.15) is 12.8 Å². The Bertz CT molecular complexity index is 338. The summed E-state index contributed by atoms with van der Waals surface area (Å²) in [4.78, 5) is 0. The normalized spacial score (nSPS) is 16.8. The van der Waals surface area contributed by atoms with E-state index in [4.69, 9.17) is 4.74 Å². The molecule has 1 aliphatic carbocycles. The molecule has 1 aromatic carbocycles. The number of aliphatic hydroxyl groups excluding tert-OH is 1. The van der Waals surface area contributed by atoms with Gasteiger partial charge in [0.15, 0.2) is 0 Å². The average molecular weight is 300 g/mol. The van der Waals surface area contributed by atoms with Crippen molar-refractivity contribution in [1.82, 2.24) is 5.32 Å². The first kappa shape index (κ1) is 12.9. The Morgan fingerprint density at radius 1 is 1.35 bits per heavy atom. The van der Waals surface area contributed by atoms with E-state index in [0.29, 0.717) is 13.2 Å². The lowest BCUT2D eigenvalue weighted by molar-refractivity contribution is 0.106. The Morgan fingerprint density at radius 3 is 2.71 bits per heavy atom. The van der Waals surface area contributed by atoms with E-state index in [2.05, 4.69) is 21.2 Å². The average Bonchev–Trinajstić information content (AvgIpc) is 3.12. The second-order valence-corrected chi connectivity index (χ2v) is 5.44. The first-order valence-electron chi connectivity index (χ1n) is 6.01. The summed E-state index contributed by atoms with van der Waals surface area (Å²) in [6, 6.07) is 7.61. The van der Waals surface area contributed by atoms with Crippen molar-refractivity contribution in [3.8, 4) is 5.75 Å². The van der Waals surface area contributed by atoms with Crippen LogP contribution in [0, 0.1) is 5.92 Å². The second-order valence-electron chi connectivity index (χ2n) is 4.52. The van der Waals surface area contributed by atoms with Gasteiger partial charge in [-0.05, 0) is 49.6 Å². The molecular weight excluding hydrogens is 282 g/mol. The summed E-state index contributed by atoms with van der Waals surface area (Å²) in [5.74, 6) is 1.63. The van der Waals surface area contributed by atoms with Crippen LogP contribution in [0.4, 0.5) is 0 Å². The third kappa shape index (κ3) is 5.06. The SMILES string of the molecule is OC(CNCC1CC1)COc1ccc(Br)cc1. The van der Waals surface area contributed by atoms with E-state index >= 15 is 0 Å². The van der Waals surface area contributed by atoms with Gasteiger partial charge in [0, 0.05) is 11.0 Å². The van der Waals surface area contributed by atoms with Crippen molar-refractivity contribution in [2.24, 2.45) is 5.92 Å². The summed E-state index contributed by atoms with van der Waals surface area (Å²) in [5.41, 5.74) is 0. The zero-order chi connectivity index (χ0) is 12.1. The first-order chi connectivity index (χ1) is 8.24. The van der Waals surface area contributed by atoms with E-state index in [1.54, 1.807) is 0 Å². The number of halogens is 1. The Morgan fingerprint density at radius 2 is 2.06 bits per heavy atom. The zero-order valence-electron chi connectivity index (χ0n) is 9.73. The third-order valence-corrected chi connectivity index (χ3v) is 3.29. The van der Waals surface area contributed by atoms with Crippen LogP contribution in [0.3, 0.4) is 0 Å². The van der Waals surface area contributed by atoms with Gasteiger partial charge >= 0.3 is 0 Å². The molecule has 4 heteroatoms. The maximum atomic E-state index is 9.70. The zero-order valence-corrected chi connectivity index (χ0v) is 11.3. The Labute approximate surface area is 110 Å². The summed E-state index contributed by atoms with van der Waals surface area (Å²) in [7, 11) is 0. The molecule has 1 fully saturated rings. The first-order valence-corrected chi connectivity index (χ1v) is 6.80. The molecule has 0 bridgehead atoms. The fraction of sp³-hybridized carbons (Fsp3) is 0.538. The van der Waals surface area contributed by atoms with Crippen molar-refractivity contribution in [3.05, 3.63) is 28.7 Å². The van der Waals surface area contributed by atoms with E-state index in [9.17, 15) is 5.11 Å². The van der Waals surface area contributed by atoms with Crippen LogP contribution in [0.2, 0.25) is 0 Å². The number of aliphatic hydroxyl groups is 1. The van der Waals surface area contributed by atoms with Crippen molar-refractivity contribution < 1.29 is 9.84 Å². The molecule has 1 atom stereocenters. The van der Waals surface area contributed by atoms with Gasteiger partial charge in [0.25, 0.3) is 0 Å². The molecule has 0 radical (unpaired) electrons. The Kier molecular flexibility index (Phi) is 4.83. The number of hydrogen-bond donors (Lipinski definition) is 2. The van der Waals surface area contributed by atoms with Gasteiger partial charge in [-0.15, -0.1) is 0 Å². The Hall–Kier alpha value is -0.580. The summed E-state index contributed by atoms with van der Waals surface area (Å²) < 4.78 is 6.51. The molecule has 2 rings (SSSR count). The van der Waals surface area contributed by atoms with Gasteiger partial charge in [0.1, 0.15) is 18.5 Å². The van der Waals surface area contributed by atoms with Crippen LogP contribution in [0.15, 0.2) is 28.7 Å². The van der Waals surface area contributed by atoms with Crippen LogP contribution < -0.4 is 10.1 Å². The molecule has 0 spiro atoms. The van der Waals surface area contributed by atoms with Gasteiger partial charge in [-0.1, -0.05) is 15.9 Å². The van der Waals surface area contributed by atoms with Gasteiger partial charge in [0.2, 0.25) is 0 Å². The van der Waals surface area contributed by atoms with Crippen LogP contribution in [0.5, 0.6) is 5.75 Å². The molecule has 17 heavy (non-hydrogen) atoms. The number of nitrogens with one attached hydrogen (secondary N) is 1. The van der Waals surface area contributed by atoms with E-state index in [0.717, 1.165) is 22.7 Å². The maximum Gasteiger partial charge on any atom is 0.119 e. The molecule has 1 aromatic rings. The second kappa shape index (κ2) is 6.38.